The van der Waals surface area contributed by atoms with Crippen LogP contribution in [-0.4, -0.2) is 21.5 Å². The highest BCUT2D eigenvalue weighted by molar-refractivity contribution is 7.89. The van der Waals surface area contributed by atoms with Gasteiger partial charge in [-0.1, -0.05) is 12.1 Å². The summed E-state index contributed by atoms with van der Waals surface area (Å²) in [7, 11) is -2.53. The Morgan fingerprint density at radius 3 is 2.77 bits per heavy atom. The van der Waals surface area contributed by atoms with E-state index in [1.54, 1.807) is 25.1 Å². The normalized spacial score (nSPS) is 16.8. The van der Waals surface area contributed by atoms with Gasteiger partial charge in [-0.2, -0.15) is 0 Å². The van der Waals surface area contributed by atoms with Crippen molar-refractivity contribution in [3.63, 3.8) is 0 Å². The summed E-state index contributed by atoms with van der Waals surface area (Å²) >= 11 is 0. The highest BCUT2D eigenvalue weighted by Gasteiger charge is 2.28. The summed E-state index contributed by atoms with van der Waals surface area (Å²) in [6.45, 7) is 1.61. The van der Waals surface area contributed by atoms with Gasteiger partial charge in [0.1, 0.15) is 0 Å². The molecule has 1 aliphatic rings. The summed E-state index contributed by atoms with van der Waals surface area (Å²) in [6.07, 6.45) is 2.48. The number of anilines is 1. The van der Waals surface area contributed by atoms with Gasteiger partial charge < -0.3 is 10.5 Å². The Hall–Kier alpha value is -2.38. The van der Waals surface area contributed by atoms with Crippen molar-refractivity contribution in [1.82, 2.24) is 4.72 Å². The molecular formula is C19H22N2O4S. The van der Waals surface area contributed by atoms with Crippen LogP contribution in [0.3, 0.4) is 0 Å². The van der Waals surface area contributed by atoms with Crippen molar-refractivity contribution in [3.05, 3.63) is 58.7 Å². The first-order valence-electron chi connectivity index (χ1n) is 8.42. The molecule has 3 rings (SSSR count). The van der Waals surface area contributed by atoms with E-state index >= 15 is 0 Å². The quantitative estimate of drug-likeness (QED) is 0.633. The minimum atomic E-state index is -3.80. The zero-order valence-electron chi connectivity index (χ0n) is 14.8. The van der Waals surface area contributed by atoms with E-state index < -0.39 is 16.0 Å². The number of carbonyl (C=O) groups is 1. The van der Waals surface area contributed by atoms with Gasteiger partial charge in [0.15, 0.2) is 0 Å². The van der Waals surface area contributed by atoms with E-state index in [0.717, 1.165) is 24.0 Å². The average molecular weight is 374 g/mol. The molecule has 2 aromatic rings. The highest BCUT2D eigenvalue weighted by Crippen LogP contribution is 2.32. The molecule has 0 aromatic heterocycles. The number of benzene rings is 2. The number of rotatable bonds is 4. The number of nitrogen functional groups attached to an aromatic ring is 1. The molecule has 0 aliphatic heterocycles. The predicted molar refractivity (Wildman–Crippen MR) is 99.4 cm³/mol. The standard InChI is InChI=1S/C19H22N2O4S/c1-12-15(19(22)25-2)6-4-8-18(12)26(23,24)21-17-7-3-5-13-11-14(20)9-10-16(13)17/h4,6,8-11,17,21H,3,5,7,20H2,1-2H3. The van der Waals surface area contributed by atoms with E-state index in [2.05, 4.69) is 4.72 Å². The minimum Gasteiger partial charge on any atom is -0.465 e. The maximum Gasteiger partial charge on any atom is 0.338 e. The van der Waals surface area contributed by atoms with Gasteiger partial charge in [0.2, 0.25) is 10.0 Å². The van der Waals surface area contributed by atoms with Crippen LogP contribution in [0.25, 0.3) is 0 Å². The number of nitrogens with two attached hydrogens (primary N) is 1. The van der Waals surface area contributed by atoms with Crippen molar-refractivity contribution < 1.29 is 17.9 Å². The van der Waals surface area contributed by atoms with Crippen LogP contribution in [0.5, 0.6) is 0 Å². The molecule has 0 heterocycles. The second-order valence-electron chi connectivity index (χ2n) is 6.44. The van der Waals surface area contributed by atoms with Gasteiger partial charge in [-0.15, -0.1) is 0 Å². The fraction of sp³-hybridized carbons (Fsp3) is 0.316. The van der Waals surface area contributed by atoms with E-state index in [1.165, 1.54) is 13.2 Å². The van der Waals surface area contributed by atoms with Gasteiger partial charge in [-0.05, 0) is 67.1 Å². The molecule has 1 aliphatic carbocycles. The molecule has 3 N–H and O–H groups in total. The summed E-state index contributed by atoms with van der Waals surface area (Å²) < 4.78 is 33.5. The van der Waals surface area contributed by atoms with E-state index in [1.807, 2.05) is 12.1 Å². The van der Waals surface area contributed by atoms with E-state index in [4.69, 9.17) is 10.5 Å². The summed E-state index contributed by atoms with van der Waals surface area (Å²) in [6, 6.07) is 9.85. The van der Waals surface area contributed by atoms with Crippen molar-refractivity contribution in [1.29, 1.82) is 0 Å². The van der Waals surface area contributed by atoms with E-state index in [9.17, 15) is 13.2 Å². The van der Waals surface area contributed by atoms with Crippen LogP contribution in [0.4, 0.5) is 5.69 Å². The number of ether oxygens (including phenoxy) is 1. The Labute approximate surface area is 153 Å². The van der Waals surface area contributed by atoms with Gasteiger partial charge in [0.05, 0.1) is 17.6 Å². The topological polar surface area (TPSA) is 98.5 Å². The summed E-state index contributed by atoms with van der Waals surface area (Å²) in [5.74, 6) is -0.557. The number of hydrogen-bond donors (Lipinski definition) is 2. The highest BCUT2D eigenvalue weighted by atomic mass is 32.2. The lowest BCUT2D eigenvalue weighted by Crippen LogP contribution is -2.31. The number of esters is 1. The molecule has 26 heavy (non-hydrogen) atoms. The Kier molecular flexibility index (Phi) is 5.02. The summed E-state index contributed by atoms with van der Waals surface area (Å²) in [4.78, 5) is 11.9. The van der Waals surface area contributed by atoms with Crippen molar-refractivity contribution in [2.75, 3.05) is 12.8 Å². The first-order chi connectivity index (χ1) is 12.3. The van der Waals surface area contributed by atoms with Crippen LogP contribution in [0.2, 0.25) is 0 Å². The van der Waals surface area contributed by atoms with Gasteiger partial charge >= 0.3 is 5.97 Å². The van der Waals surface area contributed by atoms with E-state index in [0.29, 0.717) is 17.7 Å². The monoisotopic (exact) mass is 374 g/mol. The predicted octanol–water partition coefficient (Wildman–Crippen LogP) is 2.72. The zero-order chi connectivity index (χ0) is 18.9. The number of fused-ring (bicyclic) bond motifs is 1. The largest absolute Gasteiger partial charge is 0.465 e. The molecule has 0 spiro atoms. The third-order valence-corrected chi connectivity index (χ3v) is 6.37. The Morgan fingerprint density at radius 2 is 2.04 bits per heavy atom. The third kappa shape index (κ3) is 3.45. The Balaban J connectivity index is 1.95. The number of nitrogens with one attached hydrogen (secondary N) is 1. The van der Waals surface area contributed by atoms with E-state index in [-0.39, 0.29) is 16.5 Å². The maximum atomic E-state index is 13.0. The molecule has 0 saturated carbocycles. The van der Waals surface area contributed by atoms with Crippen molar-refractivity contribution in [3.8, 4) is 0 Å². The van der Waals surface area contributed by atoms with Crippen molar-refractivity contribution >= 4 is 21.7 Å². The molecule has 0 radical (unpaired) electrons. The molecule has 138 valence electrons. The number of methoxy groups -OCH3 is 1. The first-order valence-corrected chi connectivity index (χ1v) is 9.90. The first kappa shape index (κ1) is 18.4. The SMILES string of the molecule is COC(=O)c1cccc(S(=O)(=O)NC2CCCc3cc(N)ccc32)c1C. The molecule has 7 heteroatoms. The molecule has 0 bridgehead atoms. The number of hydrogen-bond acceptors (Lipinski definition) is 5. The van der Waals surface area contributed by atoms with Crippen LogP contribution < -0.4 is 10.5 Å². The van der Waals surface area contributed by atoms with Crippen molar-refractivity contribution in [2.24, 2.45) is 0 Å². The molecule has 0 fully saturated rings. The number of aryl methyl sites for hydroxylation is 1. The third-order valence-electron chi connectivity index (χ3n) is 4.76. The summed E-state index contributed by atoms with van der Waals surface area (Å²) in [5.41, 5.74) is 9.16. The zero-order valence-corrected chi connectivity index (χ0v) is 15.6. The van der Waals surface area contributed by atoms with Gasteiger partial charge in [0.25, 0.3) is 0 Å². The second-order valence-corrected chi connectivity index (χ2v) is 8.13. The average Bonchev–Trinajstić information content (AvgIpc) is 2.60. The van der Waals surface area contributed by atoms with Crippen LogP contribution >= 0.6 is 0 Å². The van der Waals surface area contributed by atoms with Gasteiger partial charge in [-0.25, -0.2) is 17.9 Å². The van der Waals surface area contributed by atoms with Gasteiger partial charge in [-0.3, -0.25) is 0 Å². The summed E-state index contributed by atoms with van der Waals surface area (Å²) in [5, 5.41) is 0. The molecule has 0 saturated heterocycles. The lowest BCUT2D eigenvalue weighted by atomic mass is 9.88. The number of carbonyl (C=O) groups excluding carboxylic acids is 1. The number of sulfonamides is 1. The van der Waals surface area contributed by atoms with Crippen LogP contribution in [-0.2, 0) is 21.2 Å². The molecule has 2 aromatic carbocycles. The minimum absolute atomic E-state index is 0.0861. The molecular weight excluding hydrogens is 352 g/mol. The second kappa shape index (κ2) is 7.09. The van der Waals surface area contributed by atoms with Crippen LogP contribution in [0, 0.1) is 6.92 Å². The molecule has 0 amide bonds. The lowest BCUT2D eigenvalue weighted by Gasteiger charge is -2.27. The van der Waals surface area contributed by atoms with Gasteiger partial charge in [0, 0.05) is 11.7 Å². The molecule has 1 atom stereocenters. The van der Waals surface area contributed by atoms with Crippen LogP contribution in [0.1, 0.15) is 45.9 Å². The fourth-order valence-electron chi connectivity index (χ4n) is 3.44. The molecule has 1 unspecified atom stereocenters. The fourth-order valence-corrected chi connectivity index (χ4v) is 4.96. The Bertz CT molecular complexity index is 954. The van der Waals surface area contributed by atoms with Crippen LogP contribution in [0.15, 0.2) is 41.3 Å². The Morgan fingerprint density at radius 1 is 1.27 bits per heavy atom. The lowest BCUT2D eigenvalue weighted by molar-refractivity contribution is 0.0599. The smallest absolute Gasteiger partial charge is 0.338 e. The molecule has 6 nitrogen and oxygen atoms in total. The maximum absolute atomic E-state index is 13.0. The van der Waals surface area contributed by atoms with Crippen molar-refractivity contribution in [2.45, 2.75) is 37.1 Å².